The summed E-state index contributed by atoms with van der Waals surface area (Å²) >= 11 is 6.15. The average Bonchev–Trinajstić information content (AvgIpc) is 2.82. The van der Waals surface area contributed by atoms with Crippen LogP contribution >= 0.6 is 11.6 Å². The summed E-state index contributed by atoms with van der Waals surface area (Å²) in [6, 6.07) is 21.2. The third kappa shape index (κ3) is 5.30. The van der Waals surface area contributed by atoms with E-state index in [1.165, 1.54) is 18.2 Å². The highest BCUT2D eigenvalue weighted by atomic mass is 35.5. The van der Waals surface area contributed by atoms with Gasteiger partial charge in [-0.1, -0.05) is 60.1 Å². The first-order valence-corrected chi connectivity index (χ1v) is 12.1. The lowest BCUT2D eigenvalue weighted by atomic mass is 9.96. The number of rotatable bonds is 7. The molecule has 1 aliphatic heterocycles. The van der Waals surface area contributed by atoms with E-state index in [1.807, 2.05) is 54.6 Å². The molecule has 0 saturated heterocycles. The third-order valence-corrected chi connectivity index (χ3v) is 7.18. The lowest BCUT2D eigenvalue weighted by molar-refractivity contribution is 0.0939. The Morgan fingerprint density at radius 3 is 2.59 bits per heavy atom. The van der Waals surface area contributed by atoms with Gasteiger partial charge in [0.1, 0.15) is 10.6 Å². The van der Waals surface area contributed by atoms with E-state index >= 15 is 0 Å². The van der Waals surface area contributed by atoms with Crippen LogP contribution in [0.1, 0.15) is 21.5 Å². The SMILES string of the molecule is O=C(NCC1COc2ccccc2C1)c1ccc(Cl)c(S(=O)(=O)NCc2ccccc2)c1. The highest BCUT2D eigenvalue weighted by Gasteiger charge is 2.22. The molecule has 3 aromatic rings. The average molecular weight is 471 g/mol. The summed E-state index contributed by atoms with van der Waals surface area (Å²) < 4.78 is 33.9. The number of hydrogen-bond donors (Lipinski definition) is 2. The minimum absolute atomic E-state index is 0.0550. The maximum atomic E-state index is 12.8. The highest BCUT2D eigenvalue weighted by molar-refractivity contribution is 7.89. The first kappa shape index (κ1) is 22.3. The van der Waals surface area contributed by atoms with E-state index in [2.05, 4.69) is 10.0 Å². The number of sulfonamides is 1. The van der Waals surface area contributed by atoms with Crippen molar-refractivity contribution in [3.8, 4) is 5.75 Å². The zero-order valence-electron chi connectivity index (χ0n) is 17.3. The predicted octanol–water partition coefficient (Wildman–Crippen LogP) is 3.80. The Bertz CT molecular complexity index is 1220. The van der Waals surface area contributed by atoms with Gasteiger partial charge in [0, 0.05) is 24.6 Å². The lowest BCUT2D eigenvalue weighted by Gasteiger charge is -2.25. The summed E-state index contributed by atoms with van der Waals surface area (Å²) in [5, 5.41) is 2.93. The van der Waals surface area contributed by atoms with Crippen molar-refractivity contribution in [2.75, 3.05) is 13.2 Å². The zero-order valence-corrected chi connectivity index (χ0v) is 18.8. The van der Waals surface area contributed by atoms with Gasteiger partial charge in [-0.25, -0.2) is 13.1 Å². The van der Waals surface area contributed by atoms with E-state index in [1.54, 1.807) is 0 Å². The molecule has 0 spiro atoms. The number of carbonyl (C=O) groups excluding carboxylic acids is 1. The van der Waals surface area contributed by atoms with Gasteiger partial charge in [0.25, 0.3) is 5.91 Å². The van der Waals surface area contributed by atoms with Gasteiger partial charge >= 0.3 is 0 Å². The lowest BCUT2D eigenvalue weighted by Crippen LogP contribution is -2.35. The van der Waals surface area contributed by atoms with E-state index in [0.717, 1.165) is 23.3 Å². The molecule has 6 nitrogen and oxygen atoms in total. The van der Waals surface area contributed by atoms with Crippen molar-refractivity contribution in [2.24, 2.45) is 5.92 Å². The van der Waals surface area contributed by atoms with Crippen molar-refractivity contribution in [3.63, 3.8) is 0 Å². The van der Waals surface area contributed by atoms with Crippen molar-refractivity contribution in [1.29, 1.82) is 0 Å². The minimum atomic E-state index is -3.90. The molecule has 0 bridgehead atoms. The summed E-state index contributed by atoms with van der Waals surface area (Å²) in [4.78, 5) is 12.6. The Hall–Kier alpha value is -2.87. The van der Waals surface area contributed by atoms with E-state index in [9.17, 15) is 13.2 Å². The Morgan fingerprint density at radius 2 is 1.78 bits per heavy atom. The Morgan fingerprint density at radius 1 is 1.03 bits per heavy atom. The molecule has 1 aliphatic rings. The molecular weight excluding hydrogens is 448 g/mol. The molecule has 3 aromatic carbocycles. The van der Waals surface area contributed by atoms with E-state index < -0.39 is 10.0 Å². The topological polar surface area (TPSA) is 84.5 Å². The van der Waals surface area contributed by atoms with Crippen LogP contribution in [0.2, 0.25) is 5.02 Å². The van der Waals surface area contributed by atoms with Gasteiger partial charge in [0.05, 0.1) is 11.6 Å². The Balaban J connectivity index is 1.41. The second-order valence-corrected chi connectivity index (χ2v) is 9.80. The van der Waals surface area contributed by atoms with Gasteiger partial charge in [0.2, 0.25) is 10.0 Å². The van der Waals surface area contributed by atoms with Crippen molar-refractivity contribution in [2.45, 2.75) is 17.9 Å². The molecule has 0 aromatic heterocycles. The van der Waals surface area contributed by atoms with Crippen LogP contribution in [-0.4, -0.2) is 27.5 Å². The number of halogens is 1. The highest BCUT2D eigenvalue weighted by Crippen LogP contribution is 2.27. The Kier molecular flexibility index (Phi) is 6.79. The first-order valence-electron chi connectivity index (χ1n) is 10.2. The van der Waals surface area contributed by atoms with Gasteiger partial charge in [-0.2, -0.15) is 0 Å². The monoisotopic (exact) mass is 470 g/mol. The molecule has 0 fully saturated rings. The van der Waals surface area contributed by atoms with Crippen LogP contribution < -0.4 is 14.8 Å². The largest absolute Gasteiger partial charge is 0.493 e. The molecule has 2 N–H and O–H groups in total. The van der Waals surface area contributed by atoms with Crippen molar-refractivity contribution >= 4 is 27.5 Å². The Labute approximate surface area is 192 Å². The molecule has 32 heavy (non-hydrogen) atoms. The standard InChI is InChI=1S/C24H23ClN2O4S/c25-21-11-10-20(13-23(21)32(29,30)27-15-17-6-2-1-3-7-17)24(28)26-14-18-12-19-8-4-5-9-22(19)31-16-18/h1-11,13,18,27H,12,14-16H2,(H,26,28). The normalized spacial score (nSPS) is 15.5. The maximum absolute atomic E-state index is 12.8. The molecule has 8 heteroatoms. The van der Waals surface area contributed by atoms with Crippen molar-refractivity contribution < 1.29 is 17.9 Å². The molecule has 0 radical (unpaired) electrons. The van der Waals surface area contributed by atoms with Crippen LogP contribution in [0.4, 0.5) is 0 Å². The number of carbonyl (C=O) groups is 1. The molecule has 1 atom stereocenters. The van der Waals surface area contributed by atoms with Crippen LogP contribution in [0, 0.1) is 5.92 Å². The molecule has 1 unspecified atom stereocenters. The van der Waals surface area contributed by atoms with Crippen molar-refractivity contribution in [1.82, 2.24) is 10.0 Å². The van der Waals surface area contributed by atoms with Gasteiger partial charge < -0.3 is 10.1 Å². The van der Waals surface area contributed by atoms with E-state index in [0.29, 0.717) is 13.2 Å². The van der Waals surface area contributed by atoms with Crippen LogP contribution in [0.5, 0.6) is 5.75 Å². The smallest absolute Gasteiger partial charge is 0.251 e. The van der Waals surface area contributed by atoms with Crippen LogP contribution in [-0.2, 0) is 23.0 Å². The molecule has 4 rings (SSSR count). The molecule has 0 aliphatic carbocycles. The van der Waals surface area contributed by atoms with Crippen molar-refractivity contribution in [3.05, 3.63) is 94.5 Å². The van der Waals surface area contributed by atoms with Crippen LogP contribution in [0.15, 0.2) is 77.7 Å². The first-order chi connectivity index (χ1) is 15.4. The summed E-state index contributed by atoms with van der Waals surface area (Å²) in [7, 11) is -3.90. The van der Waals surface area contributed by atoms with Gasteiger partial charge in [-0.05, 0) is 41.8 Å². The number of ether oxygens (including phenoxy) is 1. The van der Waals surface area contributed by atoms with E-state index in [-0.39, 0.29) is 33.9 Å². The molecule has 1 amide bonds. The summed E-state index contributed by atoms with van der Waals surface area (Å²) in [5.74, 6) is 0.655. The number of benzene rings is 3. The molecular formula is C24H23ClN2O4S. The number of fused-ring (bicyclic) bond motifs is 1. The fourth-order valence-corrected chi connectivity index (χ4v) is 5.10. The number of amides is 1. The number of para-hydroxylation sites is 1. The van der Waals surface area contributed by atoms with Gasteiger partial charge in [0.15, 0.2) is 0 Å². The third-order valence-electron chi connectivity index (χ3n) is 5.30. The molecule has 166 valence electrons. The summed E-state index contributed by atoms with van der Waals surface area (Å²) in [6.45, 7) is 1.06. The van der Waals surface area contributed by atoms with Gasteiger partial charge in [-0.3, -0.25) is 4.79 Å². The maximum Gasteiger partial charge on any atom is 0.251 e. The summed E-state index contributed by atoms with van der Waals surface area (Å²) in [5.41, 5.74) is 2.16. The van der Waals surface area contributed by atoms with E-state index in [4.69, 9.17) is 16.3 Å². The van der Waals surface area contributed by atoms with Crippen LogP contribution in [0.25, 0.3) is 0 Å². The van der Waals surface area contributed by atoms with Gasteiger partial charge in [-0.15, -0.1) is 0 Å². The van der Waals surface area contributed by atoms with Crippen LogP contribution in [0.3, 0.4) is 0 Å². The number of hydrogen-bond acceptors (Lipinski definition) is 4. The zero-order chi connectivity index (χ0) is 22.6. The summed E-state index contributed by atoms with van der Waals surface area (Å²) in [6.07, 6.45) is 0.806. The predicted molar refractivity (Wildman–Crippen MR) is 123 cm³/mol. The fraction of sp³-hybridized carbons (Fsp3) is 0.208. The number of nitrogens with one attached hydrogen (secondary N) is 2. The molecule has 1 heterocycles. The quantitative estimate of drug-likeness (QED) is 0.550. The molecule has 0 saturated carbocycles. The second kappa shape index (κ2) is 9.73. The minimum Gasteiger partial charge on any atom is -0.493 e. The second-order valence-electron chi connectivity index (χ2n) is 7.65. The fourth-order valence-electron chi connectivity index (χ4n) is 3.56.